The summed E-state index contributed by atoms with van der Waals surface area (Å²) in [6.45, 7) is -0.999. The quantitative estimate of drug-likeness (QED) is 0.758. The Morgan fingerprint density at radius 1 is 1.42 bits per heavy atom. The summed E-state index contributed by atoms with van der Waals surface area (Å²) in [5.41, 5.74) is 0.749. The van der Waals surface area contributed by atoms with E-state index in [1.807, 2.05) is 6.07 Å². The molecule has 0 unspecified atom stereocenters. The molecule has 0 fully saturated rings. The Bertz CT molecular complexity index is 276. The zero-order valence-corrected chi connectivity index (χ0v) is 8.51. The Balaban J connectivity index is 2.92. The predicted octanol–water partition coefficient (Wildman–Crippen LogP) is 3.20. The molecule has 0 aliphatic rings. The van der Waals surface area contributed by atoms with Gasteiger partial charge < -0.3 is 4.74 Å². The van der Waals surface area contributed by atoms with Gasteiger partial charge in [-0.05, 0) is 41.6 Å². The Hall–Kier alpha value is -0.390. The van der Waals surface area contributed by atoms with Gasteiger partial charge in [-0.1, -0.05) is 6.07 Å². The fourth-order valence-corrected chi connectivity index (χ4v) is 1.28. The lowest BCUT2D eigenvalue weighted by Gasteiger charge is -2.08. The Morgan fingerprint density at radius 3 is 2.67 bits per heavy atom. The molecule has 66 valence electrons. The minimum Gasteiger partial charge on any atom is -0.435 e. The topological polar surface area (TPSA) is 9.23 Å². The van der Waals surface area contributed by atoms with Crippen LogP contribution in [0.5, 0.6) is 5.75 Å². The van der Waals surface area contributed by atoms with Gasteiger partial charge >= 0.3 is 6.61 Å². The maximum absolute atomic E-state index is 11.8. The number of rotatable bonds is 2. The first kappa shape index (κ1) is 9.70. The van der Waals surface area contributed by atoms with Crippen molar-refractivity contribution in [2.75, 3.05) is 0 Å². The summed E-state index contributed by atoms with van der Waals surface area (Å²) in [6, 6.07) is 5.06. The highest BCUT2D eigenvalue weighted by Crippen LogP contribution is 2.23. The normalized spacial score (nSPS) is 10.4. The van der Waals surface area contributed by atoms with Gasteiger partial charge in [0.25, 0.3) is 0 Å². The first-order valence-corrected chi connectivity index (χ1v) is 4.39. The summed E-state index contributed by atoms with van der Waals surface area (Å²) in [5, 5.41) is 0. The van der Waals surface area contributed by atoms with Crippen molar-refractivity contribution in [2.45, 2.75) is 13.5 Å². The van der Waals surface area contributed by atoms with Gasteiger partial charge in [0.2, 0.25) is 0 Å². The van der Waals surface area contributed by atoms with Crippen LogP contribution in [0.2, 0.25) is 0 Å². The minimum absolute atomic E-state index is 0.247. The molecule has 1 aromatic rings. The smallest absolute Gasteiger partial charge is 0.387 e. The highest BCUT2D eigenvalue weighted by atomic mass is 127. The number of halogens is 3. The van der Waals surface area contributed by atoms with Crippen LogP contribution in [-0.4, -0.2) is 6.61 Å². The summed E-state index contributed by atoms with van der Waals surface area (Å²) in [4.78, 5) is 0. The van der Waals surface area contributed by atoms with Crippen molar-refractivity contribution in [3.05, 3.63) is 27.3 Å². The molecule has 0 heterocycles. The van der Waals surface area contributed by atoms with E-state index < -0.39 is 6.61 Å². The molecule has 0 aromatic heterocycles. The van der Waals surface area contributed by atoms with Crippen LogP contribution in [0.3, 0.4) is 0 Å². The van der Waals surface area contributed by atoms with Crippen molar-refractivity contribution in [2.24, 2.45) is 0 Å². The lowest BCUT2D eigenvalue weighted by molar-refractivity contribution is -0.0503. The van der Waals surface area contributed by atoms with Crippen LogP contribution >= 0.6 is 22.6 Å². The van der Waals surface area contributed by atoms with Gasteiger partial charge in [0.15, 0.2) is 0 Å². The van der Waals surface area contributed by atoms with Crippen LogP contribution < -0.4 is 4.74 Å². The van der Waals surface area contributed by atoms with Crippen molar-refractivity contribution in [1.29, 1.82) is 0 Å². The Morgan fingerprint density at radius 2 is 2.08 bits per heavy atom. The molecule has 4 heteroatoms. The van der Waals surface area contributed by atoms with Gasteiger partial charge in [-0.25, -0.2) is 0 Å². The van der Waals surface area contributed by atoms with E-state index in [-0.39, 0.29) is 5.75 Å². The number of ether oxygens (including phenoxy) is 1. The molecule has 0 saturated heterocycles. The van der Waals surface area contributed by atoms with Gasteiger partial charge in [0, 0.05) is 9.13 Å². The molecule has 1 rings (SSSR count). The van der Waals surface area contributed by atoms with E-state index in [1.165, 1.54) is 6.07 Å². The molecular weight excluding hydrogens is 277 g/mol. The second-order valence-corrected chi connectivity index (χ2v) is 3.40. The lowest BCUT2D eigenvalue weighted by atomic mass is 10.2. The van der Waals surface area contributed by atoms with E-state index >= 15 is 0 Å². The molecule has 0 amide bonds. The van der Waals surface area contributed by atoms with Gasteiger partial charge in [-0.2, -0.15) is 8.78 Å². The summed E-state index contributed by atoms with van der Waals surface area (Å²) in [5.74, 6) is 0.247. The van der Waals surface area contributed by atoms with Crippen LogP contribution in [-0.2, 0) is 0 Å². The van der Waals surface area contributed by atoms with E-state index in [9.17, 15) is 8.78 Å². The van der Waals surface area contributed by atoms with E-state index in [4.69, 9.17) is 0 Å². The molecule has 0 aliphatic heterocycles. The predicted molar refractivity (Wildman–Crippen MR) is 50.5 cm³/mol. The van der Waals surface area contributed by atoms with Crippen molar-refractivity contribution < 1.29 is 13.5 Å². The number of hydrogen-bond acceptors (Lipinski definition) is 1. The number of hydrogen-bond donors (Lipinski definition) is 0. The first-order valence-electron chi connectivity index (χ1n) is 3.31. The van der Waals surface area contributed by atoms with Crippen molar-refractivity contribution in [3.8, 4) is 5.75 Å². The van der Waals surface area contributed by atoms with E-state index in [2.05, 4.69) is 27.3 Å². The number of benzene rings is 1. The zero-order chi connectivity index (χ0) is 9.14. The molecule has 0 radical (unpaired) electrons. The first-order chi connectivity index (χ1) is 5.61. The standard InChI is InChI=1S/C8H7F2IO/c1-5-6(11)3-2-4-7(5)12-8(9)10/h2-4,8H,1H3. The van der Waals surface area contributed by atoms with Crippen molar-refractivity contribution in [1.82, 2.24) is 0 Å². The van der Waals surface area contributed by atoms with Crippen LogP contribution in [0, 0.1) is 10.5 Å². The second kappa shape index (κ2) is 4.02. The average Bonchev–Trinajstić information content (AvgIpc) is 1.98. The van der Waals surface area contributed by atoms with E-state index in [1.54, 1.807) is 13.0 Å². The third kappa shape index (κ3) is 2.30. The molecule has 0 spiro atoms. The molecular formula is C8H7F2IO. The SMILES string of the molecule is Cc1c(I)cccc1OC(F)F. The van der Waals surface area contributed by atoms with Crippen LogP contribution in [0.4, 0.5) is 8.78 Å². The van der Waals surface area contributed by atoms with Crippen molar-refractivity contribution in [3.63, 3.8) is 0 Å². The Kier molecular flexibility index (Phi) is 3.25. The molecule has 0 saturated carbocycles. The van der Waals surface area contributed by atoms with Crippen LogP contribution in [0.25, 0.3) is 0 Å². The lowest BCUT2D eigenvalue weighted by Crippen LogP contribution is -2.03. The maximum atomic E-state index is 11.8. The monoisotopic (exact) mass is 284 g/mol. The summed E-state index contributed by atoms with van der Waals surface area (Å²) in [7, 11) is 0. The molecule has 12 heavy (non-hydrogen) atoms. The van der Waals surface area contributed by atoms with Crippen LogP contribution in [0.1, 0.15) is 5.56 Å². The molecule has 0 bridgehead atoms. The molecule has 0 N–H and O–H groups in total. The second-order valence-electron chi connectivity index (χ2n) is 2.24. The van der Waals surface area contributed by atoms with Gasteiger partial charge in [-0.15, -0.1) is 0 Å². The highest BCUT2D eigenvalue weighted by Gasteiger charge is 2.07. The highest BCUT2D eigenvalue weighted by molar-refractivity contribution is 14.1. The Labute approximate surface area is 82.9 Å². The minimum atomic E-state index is -2.75. The summed E-state index contributed by atoms with van der Waals surface area (Å²) in [6.07, 6.45) is 0. The van der Waals surface area contributed by atoms with Gasteiger partial charge in [0.05, 0.1) is 0 Å². The average molecular weight is 284 g/mol. The molecule has 0 atom stereocenters. The van der Waals surface area contributed by atoms with Gasteiger partial charge in [-0.3, -0.25) is 0 Å². The maximum Gasteiger partial charge on any atom is 0.387 e. The fourth-order valence-electron chi connectivity index (χ4n) is 0.811. The third-order valence-electron chi connectivity index (χ3n) is 1.43. The summed E-state index contributed by atoms with van der Waals surface area (Å²) >= 11 is 2.07. The van der Waals surface area contributed by atoms with Crippen molar-refractivity contribution >= 4 is 22.6 Å². The van der Waals surface area contributed by atoms with E-state index in [0.29, 0.717) is 0 Å². The summed E-state index contributed by atoms with van der Waals surface area (Å²) < 4.78 is 28.8. The number of alkyl halides is 2. The molecule has 1 nitrogen and oxygen atoms in total. The zero-order valence-electron chi connectivity index (χ0n) is 6.35. The van der Waals surface area contributed by atoms with Gasteiger partial charge in [0.1, 0.15) is 5.75 Å². The largest absolute Gasteiger partial charge is 0.435 e. The van der Waals surface area contributed by atoms with E-state index in [0.717, 1.165) is 9.13 Å². The molecule has 0 aliphatic carbocycles. The fraction of sp³-hybridized carbons (Fsp3) is 0.250. The van der Waals surface area contributed by atoms with Crippen LogP contribution in [0.15, 0.2) is 18.2 Å². The molecule has 1 aromatic carbocycles. The third-order valence-corrected chi connectivity index (χ3v) is 2.60.